The van der Waals surface area contributed by atoms with Crippen molar-refractivity contribution < 1.29 is 0 Å². The molecule has 0 saturated carbocycles. The second-order valence-corrected chi connectivity index (χ2v) is 4.20. The Morgan fingerprint density at radius 1 is 1.36 bits per heavy atom. The van der Waals surface area contributed by atoms with E-state index in [4.69, 9.17) is 12.2 Å². The molecule has 0 amide bonds. The van der Waals surface area contributed by atoms with Gasteiger partial charge in [0.15, 0.2) is 5.11 Å². The average molecular weight is 217 g/mol. The number of nitrogens with one attached hydrogen (secondary N) is 2. The number of rotatable bonds is 6. The number of thiocarbonyl (C=S) groups is 1. The maximum atomic E-state index is 4.97. The monoisotopic (exact) mass is 217 g/mol. The molecule has 0 bridgehead atoms. The van der Waals surface area contributed by atoms with Gasteiger partial charge in [-0.2, -0.15) is 0 Å². The number of hydrogen-bond donors (Lipinski definition) is 2. The molecule has 2 N–H and O–H groups in total. The minimum Gasteiger partial charge on any atom is -0.366 e. The Balaban J connectivity index is 3.25. The van der Waals surface area contributed by atoms with Crippen LogP contribution in [0.25, 0.3) is 0 Å². The Hall–Kier alpha value is -0.350. The molecule has 0 spiro atoms. The first-order valence-electron chi connectivity index (χ1n) is 5.23. The molecular weight excluding hydrogens is 194 g/mol. The van der Waals surface area contributed by atoms with E-state index in [1.54, 1.807) is 0 Å². The van der Waals surface area contributed by atoms with E-state index in [-0.39, 0.29) is 0 Å². The Labute approximate surface area is 93.2 Å². The van der Waals surface area contributed by atoms with Crippen LogP contribution in [0.5, 0.6) is 0 Å². The summed E-state index contributed by atoms with van der Waals surface area (Å²) in [5, 5.41) is 6.77. The first-order valence-corrected chi connectivity index (χ1v) is 5.64. The van der Waals surface area contributed by atoms with Crippen LogP contribution in [-0.4, -0.2) is 43.2 Å². The summed E-state index contributed by atoms with van der Waals surface area (Å²) in [6, 6.07) is 0.640. The van der Waals surface area contributed by atoms with Gasteiger partial charge in [-0.3, -0.25) is 0 Å². The first-order chi connectivity index (χ1) is 6.57. The Bertz CT molecular complexity index is 159. The van der Waals surface area contributed by atoms with Gasteiger partial charge in [0.05, 0.1) is 0 Å². The van der Waals surface area contributed by atoms with Crippen molar-refractivity contribution in [2.24, 2.45) is 0 Å². The molecule has 0 rings (SSSR count). The van der Waals surface area contributed by atoms with Gasteiger partial charge < -0.3 is 15.5 Å². The standard InChI is InChI=1S/C10H23N3S/c1-9(2)13(4)8-6-5-7-12-10(14)11-3/h9H,5-8H2,1-4H3,(H2,11,12,14). The molecule has 0 unspecified atom stereocenters. The summed E-state index contributed by atoms with van der Waals surface area (Å²) >= 11 is 4.97. The molecule has 0 aliphatic carbocycles. The van der Waals surface area contributed by atoms with Crippen molar-refractivity contribution in [1.29, 1.82) is 0 Å². The van der Waals surface area contributed by atoms with Crippen molar-refractivity contribution in [2.75, 3.05) is 27.2 Å². The summed E-state index contributed by atoms with van der Waals surface area (Å²) in [7, 11) is 4.00. The maximum Gasteiger partial charge on any atom is 0.166 e. The van der Waals surface area contributed by atoms with E-state index in [2.05, 4.69) is 36.4 Å². The van der Waals surface area contributed by atoms with Gasteiger partial charge in [-0.25, -0.2) is 0 Å². The summed E-state index contributed by atoms with van der Waals surface area (Å²) in [6.45, 7) is 6.56. The van der Waals surface area contributed by atoms with E-state index in [0.29, 0.717) is 6.04 Å². The second-order valence-electron chi connectivity index (χ2n) is 3.79. The van der Waals surface area contributed by atoms with Crippen molar-refractivity contribution in [2.45, 2.75) is 32.7 Å². The van der Waals surface area contributed by atoms with Gasteiger partial charge in [0.25, 0.3) is 0 Å². The third-order valence-electron chi connectivity index (χ3n) is 2.33. The van der Waals surface area contributed by atoms with Gasteiger partial charge in [-0.15, -0.1) is 0 Å². The highest BCUT2D eigenvalue weighted by molar-refractivity contribution is 7.80. The fourth-order valence-corrected chi connectivity index (χ4v) is 1.14. The van der Waals surface area contributed by atoms with Crippen LogP contribution in [0, 0.1) is 0 Å². The molecule has 0 aromatic carbocycles. The van der Waals surface area contributed by atoms with E-state index in [1.165, 1.54) is 12.8 Å². The predicted octanol–water partition coefficient (Wildman–Crippen LogP) is 1.20. The Morgan fingerprint density at radius 2 is 2.00 bits per heavy atom. The lowest BCUT2D eigenvalue weighted by Gasteiger charge is -2.20. The second kappa shape index (κ2) is 8.00. The molecule has 0 aliphatic heterocycles. The smallest absolute Gasteiger partial charge is 0.166 e. The van der Waals surface area contributed by atoms with E-state index in [1.807, 2.05) is 7.05 Å². The van der Waals surface area contributed by atoms with E-state index < -0.39 is 0 Å². The highest BCUT2D eigenvalue weighted by atomic mass is 32.1. The van der Waals surface area contributed by atoms with Crippen LogP contribution in [-0.2, 0) is 0 Å². The summed E-state index contributed by atoms with van der Waals surface area (Å²) in [5.74, 6) is 0. The quantitative estimate of drug-likeness (QED) is 0.516. The van der Waals surface area contributed by atoms with Gasteiger partial charge in [0, 0.05) is 19.6 Å². The predicted molar refractivity (Wildman–Crippen MR) is 66.7 cm³/mol. The van der Waals surface area contributed by atoms with Crippen LogP contribution in [0.1, 0.15) is 26.7 Å². The van der Waals surface area contributed by atoms with Gasteiger partial charge in [0.1, 0.15) is 0 Å². The molecule has 0 heterocycles. The molecule has 4 heteroatoms. The molecule has 0 atom stereocenters. The van der Waals surface area contributed by atoms with E-state index in [9.17, 15) is 0 Å². The van der Waals surface area contributed by atoms with Crippen LogP contribution in [0.3, 0.4) is 0 Å². The lowest BCUT2D eigenvalue weighted by atomic mass is 10.2. The highest BCUT2D eigenvalue weighted by Gasteiger charge is 2.01. The number of unbranched alkanes of at least 4 members (excludes halogenated alkanes) is 1. The zero-order valence-electron chi connectivity index (χ0n) is 9.76. The summed E-state index contributed by atoms with van der Waals surface area (Å²) in [4.78, 5) is 2.36. The maximum absolute atomic E-state index is 4.97. The largest absolute Gasteiger partial charge is 0.366 e. The lowest BCUT2D eigenvalue weighted by Crippen LogP contribution is -2.33. The molecular formula is C10H23N3S. The van der Waals surface area contributed by atoms with Crippen LogP contribution in [0.15, 0.2) is 0 Å². The van der Waals surface area contributed by atoms with Crippen molar-refractivity contribution in [3.63, 3.8) is 0 Å². The topological polar surface area (TPSA) is 27.3 Å². The molecule has 3 nitrogen and oxygen atoms in total. The molecule has 0 aliphatic rings. The van der Waals surface area contributed by atoms with Crippen LogP contribution in [0.2, 0.25) is 0 Å². The Morgan fingerprint density at radius 3 is 2.50 bits per heavy atom. The molecule has 84 valence electrons. The van der Waals surface area contributed by atoms with Crippen LogP contribution in [0.4, 0.5) is 0 Å². The molecule has 0 saturated heterocycles. The zero-order valence-corrected chi connectivity index (χ0v) is 10.6. The minimum atomic E-state index is 0.640. The summed E-state index contributed by atoms with van der Waals surface area (Å²) < 4.78 is 0. The van der Waals surface area contributed by atoms with Gasteiger partial charge in [-0.1, -0.05) is 0 Å². The highest BCUT2D eigenvalue weighted by Crippen LogP contribution is 1.96. The van der Waals surface area contributed by atoms with E-state index in [0.717, 1.165) is 18.2 Å². The molecule has 0 fully saturated rings. The van der Waals surface area contributed by atoms with Crippen LogP contribution < -0.4 is 10.6 Å². The molecule has 0 radical (unpaired) electrons. The Kier molecular flexibility index (Phi) is 7.80. The molecule has 0 aromatic heterocycles. The SMILES string of the molecule is CNC(=S)NCCCCN(C)C(C)C. The fourth-order valence-electron chi connectivity index (χ4n) is 1.03. The molecule has 0 aromatic rings. The lowest BCUT2D eigenvalue weighted by molar-refractivity contribution is 0.268. The summed E-state index contributed by atoms with van der Waals surface area (Å²) in [5.41, 5.74) is 0. The first kappa shape index (κ1) is 13.7. The van der Waals surface area contributed by atoms with Crippen molar-refractivity contribution in [3.8, 4) is 0 Å². The fraction of sp³-hybridized carbons (Fsp3) is 0.900. The van der Waals surface area contributed by atoms with Crippen molar-refractivity contribution in [1.82, 2.24) is 15.5 Å². The van der Waals surface area contributed by atoms with Gasteiger partial charge in [0.2, 0.25) is 0 Å². The minimum absolute atomic E-state index is 0.640. The van der Waals surface area contributed by atoms with Crippen LogP contribution >= 0.6 is 12.2 Å². The van der Waals surface area contributed by atoms with Crippen molar-refractivity contribution >= 4 is 17.3 Å². The third-order valence-corrected chi connectivity index (χ3v) is 2.68. The average Bonchev–Trinajstić information content (AvgIpc) is 2.16. The third kappa shape index (κ3) is 7.09. The normalized spacial score (nSPS) is 10.7. The van der Waals surface area contributed by atoms with Crippen molar-refractivity contribution in [3.05, 3.63) is 0 Å². The summed E-state index contributed by atoms with van der Waals surface area (Å²) in [6.07, 6.45) is 2.38. The van der Waals surface area contributed by atoms with Gasteiger partial charge >= 0.3 is 0 Å². The van der Waals surface area contributed by atoms with E-state index >= 15 is 0 Å². The zero-order chi connectivity index (χ0) is 11.0. The van der Waals surface area contributed by atoms with Gasteiger partial charge in [-0.05, 0) is 52.5 Å². The molecule has 14 heavy (non-hydrogen) atoms. The number of hydrogen-bond acceptors (Lipinski definition) is 2. The number of nitrogens with zero attached hydrogens (tertiary/aromatic N) is 1.